The van der Waals surface area contributed by atoms with Crippen molar-refractivity contribution in [2.24, 2.45) is 5.73 Å². The van der Waals surface area contributed by atoms with E-state index < -0.39 is 0 Å². The topological polar surface area (TPSA) is 48.1 Å². The minimum absolute atomic E-state index is 0.250. The van der Waals surface area contributed by atoms with Crippen LogP contribution < -0.4 is 10.5 Å². The molecule has 1 aromatic carbocycles. The Morgan fingerprint density at radius 2 is 2.22 bits per heavy atom. The molecule has 2 N–H and O–H groups in total. The SMILES string of the molecule is COc1ccc(-c2sc(C)nc2CCN)cc1F. The molecule has 2 rings (SSSR count). The third-order valence-corrected chi connectivity index (χ3v) is 3.66. The molecular weight excluding hydrogens is 251 g/mol. The first kappa shape index (κ1) is 13.0. The van der Waals surface area contributed by atoms with Crippen LogP contribution in [0.25, 0.3) is 10.4 Å². The lowest BCUT2D eigenvalue weighted by Gasteiger charge is -2.05. The summed E-state index contributed by atoms with van der Waals surface area (Å²) in [4.78, 5) is 5.42. The lowest BCUT2D eigenvalue weighted by Crippen LogP contribution is -2.04. The number of benzene rings is 1. The van der Waals surface area contributed by atoms with Crippen molar-refractivity contribution in [2.75, 3.05) is 13.7 Å². The first-order chi connectivity index (χ1) is 8.65. The fourth-order valence-corrected chi connectivity index (χ4v) is 2.77. The van der Waals surface area contributed by atoms with Gasteiger partial charge in [0.05, 0.1) is 22.7 Å². The van der Waals surface area contributed by atoms with E-state index in [9.17, 15) is 4.39 Å². The number of rotatable bonds is 4. The van der Waals surface area contributed by atoms with Crippen molar-refractivity contribution in [3.8, 4) is 16.2 Å². The molecule has 0 aliphatic rings. The van der Waals surface area contributed by atoms with Crippen LogP contribution in [-0.4, -0.2) is 18.6 Å². The molecule has 0 atom stereocenters. The highest BCUT2D eigenvalue weighted by molar-refractivity contribution is 7.15. The van der Waals surface area contributed by atoms with Gasteiger partial charge in [0.1, 0.15) is 0 Å². The summed E-state index contributed by atoms with van der Waals surface area (Å²) in [6, 6.07) is 4.95. The first-order valence-corrected chi connectivity index (χ1v) is 6.47. The van der Waals surface area contributed by atoms with E-state index in [0.29, 0.717) is 13.0 Å². The molecule has 0 fully saturated rings. The zero-order valence-corrected chi connectivity index (χ0v) is 11.2. The van der Waals surface area contributed by atoms with E-state index in [1.165, 1.54) is 13.2 Å². The van der Waals surface area contributed by atoms with Crippen LogP contribution in [0.3, 0.4) is 0 Å². The summed E-state index contributed by atoms with van der Waals surface area (Å²) in [5.74, 6) is -0.111. The van der Waals surface area contributed by atoms with Crippen molar-refractivity contribution in [3.05, 3.63) is 34.7 Å². The number of aromatic nitrogens is 1. The van der Waals surface area contributed by atoms with E-state index >= 15 is 0 Å². The average molecular weight is 266 g/mol. The van der Waals surface area contributed by atoms with Gasteiger partial charge in [-0.25, -0.2) is 9.37 Å². The molecule has 1 aromatic heterocycles. The third kappa shape index (κ3) is 2.52. The van der Waals surface area contributed by atoms with Gasteiger partial charge in [0, 0.05) is 6.42 Å². The molecule has 0 amide bonds. The number of halogens is 1. The number of thiazole rings is 1. The molecule has 2 aromatic rings. The smallest absolute Gasteiger partial charge is 0.165 e. The van der Waals surface area contributed by atoms with Gasteiger partial charge in [0.15, 0.2) is 11.6 Å². The molecule has 18 heavy (non-hydrogen) atoms. The van der Waals surface area contributed by atoms with Crippen LogP contribution >= 0.6 is 11.3 Å². The predicted molar refractivity (Wildman–Crippen MR) is 71.6 cm³/mol. The maximum absolute atomic E-state index is 13.7. The monoisotopic (exact) mass is 266 g/mol. The summed E-state index contributed by atoms with van der Waals surface area (Å²) in [5, 5.41) is 0.963. The van der Waals surface area contributed by atoms with Crippen LogP contribution in [-0.2, 0) is 6.42 Å². The maximum atomic E-state index is 13.7. The molecule has 0 aliphatic carbocycles. The minimum atomic E-state index is -0.361. The molecule has 96 valence electrons. The molecule has 3 nitrogen and oxygen atoms in total. The molecular formula is C13H15FN2OS. The van der Waals surface area contributed by atoms with Gasteiger partial charge in [0.2, 0.25) is 0 Å². The quantitative estimate of drug-likeness (QED) is 0.925. The Labute approximate surface area is 109 Å². The molecule has 0 bridgehead atoms. The maximum Gasteiger partial charge on any atom is 0.165 e. The van der Waals surface area contributed by atoms with Crippen molar-refractivity contribution in [2.45, 2.75) is 13.3 Å². The van der Waals surface area contributed by atoms with Crippen molar-refractivity contribution in [1.82, 2.24) is 4.98 Å². The Bertz CT molecular complexity index is 554. The van der Waals surface area contributed by atoms with Gasteiger partial charge in [-0.05, 0) is 37.2 Å². The molecule has 0 saturated heterocycles. The molecule has 5 heteroatoms. The highest BCUT2D eigenvalue weighted by Crippen LogP contribution is 2.32. The van der Waals surface area contributed by atoms with E-state index in [0.717, 1.165) is 21.1 Å². The fourth-order valence-electron chi connectivity index (χ4n) is 1.81. The Balaban J connectivity index is 2.44. The van der Waals surface area contributed by atoms with Gasteiger partial charge >= 0.3 is 0 Å². The standard InChI is InChI=1S/C13H15FN2OS/c1-8-16-11(5-6-15)13(18-8)9-3-4-12(17-2)10(14)7-9/h3-4,7H,5-6,15H2,1-2H3. The number of ether oxygens (including phenoxy) is 1. The number of nitrogens with two attached hydrogens (primary N) is 1. The predicted octanol–water partition coefficient (Wildman–Crippen LogP) is 2.77. The molecule has 0 aliphatic heterocycles. The van der Waals surface area contributed by atoms with Crippen LogP contribution in [0.15, 0.2) is 18.2 Å². The molecule has 0 radical (unpaired) electrons. The van der Waals surface area contributed by atoms with E-state index in [1.54, 1.807) is 17.4 Å². The number of aryl methyl sites for hydroxylation is 1. The second kappa shape index (κ2) is 5.46. The van der Waals surface area contributed by atoms with Crippen LogP contribution in [0, 0.1) is 12.7 Å². The normalized spacial score (nSPS) is 10.7. The lowest BCUT2D eigenvalue weighted by molar-refractivity contribution is 0.386. The van der Waals surface area contributed by atoms with E-state index in [4.69, 9.17) is 10.5 Å². The van der Waals surface area contributed by atoms with Gasteiger partial charge in [-0.2, -0.15) is 0 Å². The number of hydrogen-bond acceptors (Lipinski definition) is 4. The minimum Gasteiger partial charge on any atom is -0.494 e. The van der Waals surface area contributed by atoms with E-state index in [-0.39, 0.29) is 11.6 Å². The highest BCUT2D eigenvalue weighted by Gasteiger charge is 2.12. The Hall–Kier alpha value is -1.46. The van der Waals surface area contributed by atoms with Crippen LogP contribution in [0.2, 0.25) is 0 Å². The number of methoxy groups -OCH3 is 1. The third-order valence-electron chi connectivity index (χ3n) is 2.60. The summed E-state index contributed by atoms with van der Waals surface area (Å²) in [7, 11) is 1.45. The van der Waals surface area contributed by atoms with Crippen molar-refractivity contribution in [1.29, 1.82) is 0 Å². The first-order valence-electron chi connectivity index (χ1n) is 5.66. The van der Waals surface area contributed by atoms with Gasteiger partial charge < -0.3 is 10.5 Å². The van der Waals surface area contributed by atoms with Crippen LogP contribution in [0.5, 0.6) is 5.75 Å². The van der Waals surface area contributed by atoms with Crippen molar-refractivity contribution < 1.29 is 9.13 Å². The van der Waals surface area contributed by atoms with Crippen LogP contribution in [0.1, 0.15) is 10.7 Å². The second-order valence-electron chi connectivity index (χ2n) is 3.90. The van der Waals surface area contributed by atoms with Crippen molar-refractivity contribution >= 4 is 11.3 Å². The van der Waals surface area contributed by atoms with Gasteiger partial charge in [-0.15, -0.1) is 11.3 Å². The van der Waals surface area contributed by atoms with Gasteiger partial charge in [0.25, 0.3) is 0 Å². The molecule has 1 heterocycles. The summed E-state index contributed by atoms with van der Waals surface area (Å²) in [6.45, 7) is 2.48. The Morgan fingerprint density at radius 1 is 1.44 bits per heavy atom. The molecule has 0 saturated carbocycles. The lowest BCUT2D eigenvalue weighted by atomic mass is 10.1. The van der Waals surface area contributed by atoms with E-state index in [1.807, 2.05) is 13.0 Å². The highest BCUT2D eigenvalue weighted by atomic mass is 32.1. The van der Waals surface area contributed by atoms with Crippen LogP contribution in [0.4, 0.5) is 4.39 Å². The summed E-state index contributed by atoms with van der Waals surface area (Å²) < 4.78 is 18.6. The number of hydrogen-bond donors (Lipinski definition) is 1. The average Bonchev–Trinajstić information content (AvgIpc) is 2.71. The Morgan fingerprint density at radius 3 is 2.83 bits per heavy atom. The summed E-state index contributed by atoms with van der Waals surface area (Å²) >= 11 is 1.56. The fraction of sp³-hybridized carbons (Fsp3) is 0.308. The van der Waals surface area contributed by atoms with Gasteiger partial charge in [-0.1, -0.05) is 0 Å². The molecule has 0 spiro atoms. The largest absolute Gasteiger partial charge is 0.494 e. The summed E-state index contributed by atoms with van der Waals surface area (Å²) in [5.41, 5.74) is 7.32. The Kier molecular flexibility index (Phi) is 3.93. The molecule has 0 unspecified atom stereocenters. The zero-order valence-electron chi connectivity index (χ0n) is 10.4. The van der Waals surface area contributed by atoms with Crippen molar-refractivity contribution in [3.63, 3.8) is 0 Å². The zero-order chi connectivity index (χ0) is 13.1. The number of nitrogens with zero attached hydrogens (tertiary/aromatic N) is 1. The van der Waals surface area contributed by atoms with Gasteiger partial charge in [-0.3, -0.25) is 0 Å². The van der Waals surface area contributed by atoms with E-state index in [2.05, 4.69) is 4.98 Å². The second-order valence-corrected chi connectivity index (χ2v) is 5.10. The summed E-state index contributed by atoms with van der Waals surface area (Å²) in [6.07, 6.45) is 0.702.